The van der Waals surface area contributed by atoms with Gasteiger partial charge in [0, 0.05) is 24.7 Å². The van der Waals surface area contributed by atoms with E-state index in [1.807, 2.05) is 12.1 Å². The summed E-state index contributed by atoms with van der Waals surface area (Å²) in [5.41, 5.74) is 0.918. The zero-order valence-corrected chi connectivity index (χ0v) is 10.7. The molecule has 1 heterocycles. The molecule has 2 amide bonds. The molecule has 0 atom stereocenters. The van der Waals surface area contributed by atoms with E-state index in [1.165, 1.54) is 0 Å². The van der Waals surface area contributed by atoms with Crippen LogP contribution in [0.2, 0.25) is 5.02 Å². The molecule has 0 aromatic heterocycles. The van der Waals surface area contributed by atoms with E-state index in [0.717, 1.165) is 18.4 Å². The quantitative estimate of drug-likeness (QED) is 0.827. The van der Waals surface area contributed by atoms with Crippen LogP contribution in [-0.2, 0) is 16.1 Å². The highest BCUT2D eigenvalue weighted by Crippen LogP contribution is 2.10. The third kappa shape index (κ3) is 3.23. The predicted molar refractivity (Wildman–Crippen MR) is 69.1 cm³/mol. The molecule has 1 fully saturated rings. The van der Waals surface area contributed by atoms with Crippen molar-refractivity contribution in [2.24, 2.45) is 0 Å². The van der Waals surface area contributed by atoms with E-state index in [4.69, 9.17) is 11.6 Å². The van der Waals surface area contributed by atoms with Gasteiger partial charge in [0.05, 0.1) is 0 Å². The molecule has 1 saturated heterocycles. The van der Waals surface area contributed by atoms with Crippen LogP contribution >= 0.6 is 11.6 Å². The highest BCUT2D eigenvalue weighted by atomic mass is 35.5. The minimum Gasteiger partial charge on any atom is -0.344 e. The molecule has 1 aliphatic heterocycles. The molecule has 0 spiro atoms. The van der Waals surface area contributed by atoms with Gasteiger partial charge in [0.15, 0.2) is 0 Å². The van der Waals surface area contributed by atoms with Crippen molar-refractivity contribution in [3.05, 3.63) is 34.9 Å². The topological polar surface area (TPSA) is 49.4 Å². The molecule has 1 aromatic rings. The number of carbonyl (C=O) groups excluding carboxylic acids is 2. The molecule has 0 unspecified atom stereocenters. The number of nitrogens with one attached hydrogen (secondary N) is 1. The van der Waals surface area contributed by atoms with Crippen LogP contribution in [0.4, 0.5) is 0 Å². The average Bonchev–Trinajstić information content (AvgIpc) is 2.90. The molecule has 1 aliphatic rings. The first-order valence-corrected chi connectivity index (χ1v) is 6.36. The standard InChI is InChI=1S/C13H15ClN2O2/c14-11-5-3-10(4-6-11)9-15-12(17)13(18)16-7-1-2-8-16/h3-6H,1-2,7-9H2,(H,15,17). The summed E-state index contributed by atoms with van der Waals surface area (Å²) in [6, 6.07) is 7.16. The Bertz CT molecular complexity index is 439. The van der Waals surface area contributed by atoms with Gasteiger partial charge >= 0.3 is 11.8 Å². The van der Waals surface area contributed by atoms with Crippen molar-refractivity contribution in [1.82, 2.24) is 10.2 Å². The minimum atomic E-state index is -0.535. The molecule has 2 rings (SSSR count). The Morgan fingerprint density at radius 3 is 2.39 bits per heavy atom. The maximum atomic E-state index is 11.7. The summed E-state index contributed by atoms with van der Waals surface area (Å²) in [5, 5.41) is 3.27. The van der Waals surface area contributed by atoms with E-state index in [1.54, 1.807) is 17.0 Å². The van der Waals surface area contributed by atoms with Crippen molar-refractivity contribution >= 4 is 23.4 Å². The molecule has 0 saturated carbocycles. The van der Waals surface area contributed by atoms with Crippen LogP contribution in [0.5, 0.6) is 0 Å². The number of benzene rings is 1. The molecule has 1 N–H and O–H groups in total. The monoisotopic (exact) mass is 266 g/mol. The van der Waals surface area contributed by atoms with Crippen molar-refractivity contribution in [3.63, 3.8) is 0 Å². The second-order valence-electron chi connectivity index (χ2n) is 4.31. The Kier molecular flexibility index (Phi) is 4.20. The van der Waals surface area contributed by atoms with E-state index < -0.39 is 11.8 Å². The molecule has 1 aromatic carbocycles. The number of hydrogen-bond donors (Lipinski definition) is 1. The second-order valence-corrected chi connectivity index (χ2v) is 4.74. The van der Waals surface area contributed by atoms with Crippen LogP contribution in [0.25, 0.3) is 0 Å². The SMILES string of the molecule is O=C(NCc1ccc(Cl)cc1)C(=O)N1CCCC1. The largest absolute Gasteiger partial charge is 0.344 e. The highest BCUT2D eigenvalue weighted by molar-refractivity contribution is 6.35. The first kappa shape index (κ1) is 12.9. The molecule has 0 aliphatic carbocycles. The Morgan fingerprint density at radius 1 is 1.17 bits per heavy atom. The predicted octanol–water partition coefficient (Wildman–Crippen LogP) is 1.58. The lowest BCUT2D eigenvalue weighted by molar-refractivity contribution is -0.145. The van der Waals surface area contributed by atoms with Crippen LogP contribution in [0.3, 0.4) is 0 Å². The summed E-state index contributed by atoms with van der Waals surface area (Å²) in [6.45, 7) is 1.72. The van der Waals surface area contributed by atoms with Crippen LogP contribution in [0.15, 0.2) is 24.3 Å². The van der Waals surface area contributed by atoms with Gasteiger partial charge in [-0.2, -0.15) is 0 Å². The van der Waals surface area contributed by atoms with Gasteiger partial charge in [0.1, 0.15) is 0 Å². The van der Waals surface area contributed by atoms with E-state index in [9.17, 15) is 9.59 Å². The molecule has 0 bridgehead atoms. The van der Waals surface area contributed by atoms with Gasteiger partial charge in [-0.1, -0.05) is 23.7 Å². The van der Waals surface area contributed by atoms with Gasteiger partial charge < -0.3 is 10.2 Å². The lowest BCUT2D eigenvalue weighted by atomic mass is 10.2. The summed E-state index contributed by atoms with van der Waals surface area (Å²) in [5.74, 6) is -0.965. The van der Waals surface area contributed by atoms with Crippen molar-refractivity contribution in [3.8, 4) is 0 Å². The van der Waals surface area contributed by atoms with E-state index in [2.05, 4.69) is 5.32 Å². The number of halogens is 1. The third-order valence-corrected chi connectivity index (χ3v) is 3.21. The molecular formula is C13H15ClN2O2. The summed E-state index contributed by atoms with van der Waals surface area (Å²) in [6.07, 6.45) is 1.96. The third-order valence-electron chi connectivity index (χ3n) is 2.95. The normalized spacial score (nSPS) is 14.6. The fraction of sp³-hybridized carbons (Fsp3) is 0.385. The van der Waals surface area contributed by atoms with Gasteiger partial charge in [-0.05, 0) is 30.5 Å². The lowest BCUT2D eigenvalue weighted by Crippen LogP contribution is -2.41. The van der Waals surface area contributed by atoms with Crippen LogP contribution < -0.4 is 5.32 Å². The molecule has 18 heavy (non-hydrogen) atoms. The van der Waals surface area contributed by atoms with Crippen molar-refractivity contribution < 1.29 is 9.59 Å². The first-order valence-electron chi connectivity index (χ1n) is 5.98. The fourth-order valence-electron chi connectivity index (χ4n) is 1.92. The van der Waals surface area contributed by atoms with E-state index in [-0.39, 0.29) is 0 Å². The lowest BCUT2D eigenvalue weighted by Gasteiger charge is -2.14. The zero-order valence-electron chi connectivity index (χ0n) is 9.99. The Morgan fingerprint density at radius 2 is 1.78 bits per heavy atom. The Hall–Kier alpha value is -1.55. The number of rotatable bonds is 2. The Balaban J connectivity index is 1.84. The second kappa shape index (κ2) is 5.87. The highest BCUT2D eigenvalue weighted by Gasteiger charge is 2.23. The summed E-state index contributed by atoms with van der Waals surface area (Å²) < 4.78 is 0. The Labute approximate surface area is 111 Å². The van der Waals surface area contributed by atoms with E-state index in [0.29, 0.717) is 24.7 Å². The van der Waals surface area contributed by atoms with Crippen LogP contribution in [-0.4, -0.2) is 29.8 Å². The number of likely N-dealkylation sites (tertiary alicyclic amines) is 1. The number of carbonyl (C=O) groups is 2. The summed E-state index contributed by atoms with van der Waals surface area (Å²) in [7, 11) is 0. The van der Waals surface area contributed by atoms with Gasteiger partial charge in [0.2, 0.25) is 0 Å². The summed E-state index contributed by atoms with van der Waals surface area (Å²) >= 11 is 5.76. The number of nitrogens with zero attached hydrogens (tertiary/aromatic N) is 1. The maximum Gasteiger partial charge on any atom is 0.311 e. The molecule has 0 radical (unpaired) electrons. The van der Waals surface area contributed by atoms with Crippen molar-refractivity contribution in [2.75, 3.05) is 13.1 Å². The van der Waals surface area contributed by atoms with Gasteiger partial charge in [0.25, 0.3) is 0 Å². The molecule has 96 valence electrons. The number of amides is 2. The van der Waals surface area contributed by atoms with Crippen molar-refractivity contribution in [2.45, 2.75) is 19.4 Å². The summed E-state index contributed by atoms with van der Waals surface area (Å²) in [4.78, 5) is 24.9. The molecule has 4 nitrogen and oxygen atoms in total. The minimum absolute atomic E-state index is 0.343. The number of hydrogen-bond acceptors (Lipinski definition) is 2. The fourth-order valence-corrected chi connectivity index (χ4v) is 2.05. The molecular weight excluding hydrogens is 252 g/mol. The van der Waals surface area contributed by atoms with Gasteiger partial charge in [-0.25, -0.2) is 0 Å². The molecule has 5 heteroatoms. The van der Waals surface area contributed by atoms with Gasteiger partial charge in [-0.3, -0.25) is 9.59 Å². The average molecular weight is 267 g/mol. The van der Waals surface area contributed by atoms with Crippen LogP contribution in [0, 0.1) is 0 Å². The first-order chi connectivity index (χ1) is 8.66. The van der Waals surface area contributed by atoms with Gasteiger partial charge in [-0.15, -0.1) is 0 Å². The van der Waals surface area contributed by atoms with E-state index >= 15 is 0 Å². The maximum absolute atomic E-state index is 11.7. The zero-order chi connectivity index (χ0) is 13.0. The smallest absolute Gasteiger partial charge is 0.311 e. The van der Waals surface area contributed by atoms with Crippen molar-refractivity contribution in [1.29, 1.82) is 0 Å². The van der Waals surface area contributed by atoms with Crippen LogP contribution in [0.1, 0.15) is 18.4 Å².